The molecule has 0 heterocycles. The van der Waals surface area contributed by atoms with Gasteiger partial charge >= 0.3 is 0 Å². The first-order valence-corrected chi connectivity index (χ1v) is 6.51. The van der Waals surface area contributed by atoms with Crippen LogP contribution in [0.5, 0.6) is 5.75 Å². The first-order chi connectivity index (χ1) is 9.20. The molecule has 0 aromatic heterocycles. The molecule has 0 bridgehead atoms. The van der Waals surface area contributed by atoms with Crippen molar-refractivity contribution in [3.8, 4) is 16.9 Å². The summed E-state index contributed by atoms with van der Waals surface area (Å²) < 4.78 is 5.63. The summed E-state index contributed by atoms with van der Waals surface area (Å²) in [7, 11) is 0. The topological polar surface area (TPSA) is 26.3 Å². The molecule has 0 aliphatic carbocycles. The molecular formula is C17H18O2. The smallest absolute Gasteiger partial charge is 0.134 e. The highest BCUT2D eigenvalue weighted by Crippen LogP contribution is 2.29. The molecule has 0 spiro atoms. The minimum atomic E-state index is 0.183. The number of ether oxygens (including phenoxy) is 1. The number of hydrogen-bond acceptors (Lipinski definition) is 2. The van der Waals surface area contributed by atoms with Crippen molar-refractivity contribution in [3.63, 3.8) is 0 Å². The van der Waals surface area contributed by atoms with Crippen LogP contribution in [-0.2, 0) is 11.2 Å². The van der Waals surface area contributed by atoms with E-state index in [9.17, 15) is 4.79 Å². The first-order valence-electron chi connectivity index (χ1n) is 6.51. The van der Waals surface area contributed by atoms with Crippen LogP contribution in [0.25, 0.3) is 11.1 Å². The van der Waals surface area contributed by atoms with Crippen LogP contribution in [0.4, 0.5) is 0 Å². The Bertz CT molecular complexity index is 556. The number of hydrogen-bond donors (Lipinski definition) is 0. The van der Waals surface area contributed by atoms with Crippen molar-refractivity contribution in [1.29, 1.82) is 0 Å². The van der Waals surface area contributed by atoms with E-state index in [0.717, 1.165) is 22.4 Å². The fourth-order valence-electron chi connectivity index (χ4n) is 2.08. The second-order valence-electron chi connectivity index (χ2n) is 4.50. The van der Waals surface area contributed by atoms with Gasteiger partial charge in [-0.15, -0.1) is 0 Å². The Balaban J connectivity index is 2.29. The Labute approximate surface area is 114 Å². The average Bonchev–Trinajstić information content (AvgIpc) is 2.40. The van der Waals surface area contributed by atoms with Crippen molar-refractivity contribution in [3.05, 3.63) is 54.1 Å². The van der Waals surface area contributed by atoms with E-state index in [-0.39, 0.29) is 5.78 Å². The van der Waals surface area contributed by atoms with Crippen molar-refractivity contribution >= 4 is 5.78 Å². The lowest BCUT2D eigenvalue weighted by atomic mass is 10.0. The third-order valence-electron chi connectivity index (χ3n) is 2.90. The van der Waals surface area contributed by atoms with E-state index in [2.05, 4.69) is 0 Å². The maximum atomic E-state index is 11.1. The number of para-hydroxylation sites is 1. The molecular weight excluding hydrogens is 236 g/mol. The van der Waals surface area contributed by atoms with Crippen LogP contribution < -0.4 is 4.74 Å². The third-order valence-corrected chi connectivity index (χ3v) is 2.90. The van der Waals surface area contributed by atoms with Gasteiger partial charge in [0.2, 0.25) is 0 Å². The summed E-state index contributed by atoms with van der Waals surface area (Å²) in [6, 6.07) is 16.1. The summed E-state index contributed by atoms with van der Waals surface area (Å²) in [5.41, 5.74) is 3.24. The molecule has 0 aliphatic rings. The molecule has 0 aliphatic heterocycles. The summed E-state index contributed by atoms with van der Waals surface area (Å²) in [6.45, 7) is 4.24. The van der Waals surface area contributed by atoms with Crippen molar-refractivity contribution in [1.82, 2.24) is 0 Å². The first kappa shape index (κ1) is 13.3. The van der Waals surface area contributed by atoms with Gasteiger partial charge in [0.15, 0.2) is 0 Å². The standard InChI is InChI=1S/C17H18O2/c1-3-19-17-7-5-4-6-16(17)15-10-8-14(9-11-15)12-13(2)18/h4-11H,3,12H2,1-2H3. The zero-order chi connectivity index (χ0) is 13.7. The molecule has 2 aromatic carbocycles. The van der Waals surface area contributed by atoms with E-state index < -0.39 is 0 Å². The van der Waals surface area contributed by atoms with Gasteiger partial charge in [0.1, 0.15) is 11.5 Å². The summed E-state index contributed by atoms with van der Waals surface area (Å²) in [5, 5.41) is 0. The molecule has 0 N–H and O–H groups in total. The zero-order valence-electron chi connectivity index (χ0n) is 11.3. The Morgan fingerprint density at radius 3 is 2.37 bits per heavy atom. The summed E-state index contributed by atoms with van der Waals surface area (Å²) in [5.74, 6) is 1.08. The van der Waals surface area contributed by atoms with Crippen molar-refractivity contribution in [2.45, 2.75) is 20.3 Å². The summed E-state index contributed by atoms with van der Waals surface area (Å²) in [6.07, 6.45) is 0.493. The van der Waals surface area contributed by atoms with Crippen LogP contribution in [0.3, 0.4) is 0 Å². The molecule has 0 amide bonds. The average molecular weight is 254 g/mol. The van der Waals surface area contributed by atoms with E-state index in [4.69, 9.17) is 4.74 Å². The van der Waals surface area contributed by atoms with Gasteiger partial charge in [0.25, 0.3) is 0 Å². The zero-order valence-corrected chi connectivity index (χ0v) is 11.3. The molecule has 98 valence electrons. The van der Waals surface area contributed by atoms with Gasteiger partial charge in [0.05, 0.1) is 6.61 Å². The van der Waals surface area contributed by atoms with Crippen LogP contribution in [0.1, 0.15) is 19.4 Å². The third kappa shape index (κ3) is 3.44. The number of rotatable bonds is 5. The number of Topliss-reactive ketones (excluding diaryl/α,β-unsaturated/α-hetero) is 1. The van der Waals surface area contributed by atoms with Gasteiger partial charge in [-0.1, -0.05) is 42.5 Å². The van der Waals surface area contributed by atoms with Crippen LogP contribution in [0, 0.1) is 0 Å². The molecule has 0 radical (unpaired) electrons. The normalized spacial score (nSPS) is 10.2. The van der Waals surface area contributed by atoms with Gasteiger partial charge in [-0.05, 0) is 31.0 Å². The Hall–Kier alpha value is -2.09. The molecule has 2 nitrogen and oxygen atoms in total. The van der Waals surface area contributed by atoms with Gasteiger partial charge in [-0.2, -0.15) is 0 Å². The number of carbonyl (C=O) groups excluding carboxylic acids is 1. The SMILES string of the molecule is CCOc1ccccc1-c1ccc(CC(C)=O)cc1. The van der Waals surface area contributed by atoms with E-state index in [1.807, 2.05) is 55.5 Å². The van der Waals surface area contributed by atoms with Crippen molar-refractivity contribution in [2.75, 3.05) is 6.61 Å². The minimum Gasteiger partial charge on any atom is -0.493 e. The van der Waals surface area contributed by atoms with Crippen LogP contribution in [0.2, 0.25) is 0 Å². The van der Waals surface area contributed by atoms with Crippen LogP contribution in [-0.4, -0.2) is 12.4 Å². The Kier molecular flexibility index (Phi) is 4.35. The molecule has 2 rings (SSSR count). The van der Waals surface area contributed by atoms with Crippen molar-refractivity contribution < 1.29 is 9.53 Å². The van der Waals surface area contributed by atoms with Crippen LogP contribution >= 0.6 is 0 Å². The summed E-state index contributed by atoms with van der Waals surface area (Å²) in [4.78, 5) is 11.1. The molecule has 2 heteroatoms. The lowest BCUT2D eigenvalue weighted by molar-refractivity contribution is -0.116. The highest BCUT2D eigenvalue weighted by atomic mass is 16.5. The quantitative estimate of drug-likeness (QED) is 0.809. The molecule has 0 atom stereocenters. The molecule has 0 fully saturated rings. The van der Waals surface area contributed by atoms with Gasteiger partial charge < -0.3 is 4.74 Å². The Morgan fingerprint density at radius 2 is 1.74 bits per heavy atom. The number of carbonyl (C=O) groups is 1. The summed E-state index contributed by atoms with van der Waals surface area (Å²) >= 11 is 0. The highest BCUT2D eigenvalue weighted by molar-refractivity contribution is 5.78. The lowest BCUT2D eigenvalue weighted by Crippen LogP contribution is -1.96. The monoisotopic (exact) mass is 254 g/mol. The Morgan fingerprint density at radius 1 is 1.05 bits per heavy atom. The molecule has 0 unspecified atom stereocenters. The van der Waals surface area contributed by atoms with E-state index in [1.165, 1.54) is 0 Å². The van der Waals surface area contributed by atoms with Gasteiger partial charge in [-0.3, -0.25) is 4.79 Å². The fourth-order valence-corrected chi connectivity index (χ4v) is 2.08. The highest BCUT2D eigenvalue weighted by Gasteiger charge is 2.05. The largest absolute Gasteiger partial charge is 0.493 e. The molecule has 0 saturated carbocycles. The minimum absolute atomic E-state index is 0.183. The molecule has 0 saturated heterocycles. The molecule has 2 aromatic rings. The number of benzene rings is 2. The fraction of sp³-hybridized carbons (Fsp3) is 0.235. The van der Waals surface area contributed by atoms with E-state index >= 15 is 0 Å². The van der Waals surface area contributed by atoms with Crippen molar-refractivity contribution in [2.24, 2.45) is 0 Å². The second kappa shape index (κ2) is 6.19. The van der Waals surface area contributed by atoms with Gasteiger partial charge in [-0.25, -0.2) is 0 Å². The second-order valence-corrected chi connectivity index (χ2v) is 4.50. The predicted molar refractivity (Wildman–Crippen MR) is 77.4 cm³/mol. The van der Waals surface area contributed by atoms with E-state index in [1.54, 1.807) is 6.92 Å². The maximum Gasteiger partial charge on any atom is 0.134 e. The van der Waals surface area contributed by atoms with Crippen LogP contribution in [0.15, 0.2) is 48.5 Å². The molecule has 19 heavy (non-hydrogen) atoms. The number of ketones is 1. The predicted octanol–water partition coefficient (Wildman–Crippen LogP) is 3.88. The van der Waals surface area contributed by atoms with Gasteiger partial charge in [0, 0.05) is 12.0 Å². The maximum absolute atomic E-state index is 11.1. The van der Waals surface area contributed by atoms with E-state index in [0.29, 0.717) is 13.0 Å². The lowest BCUT2D eigenvalue weighted by Gasteiger charge is -2.10.